The Hall–Kier alpha value is -4.25. The number of halogens is 3. The zero-order chi connectivity index (χ0) is 32.4. The number of carbonyl (C=O) groups is 1. The van der Waals surface area contributed by atoms with Gasteiger partial charge < -0.3 is 19.9 Å². The van der Waals surface area contributed by atoms with Gasteiger partial charge in [-0.25, -0.2) is 14.8 Å². The summed E-state index contributed by atoms with van der Waals surface area (Å²) in [5.74, 6) is 0.0457. The first-order valence-electron chi connectivity index (χ1n) is 14.4. The van der Waals surface area contributed by atoms with E-state index < -0.39 is 29.4 Å². The van der Waals surface area contributed by atoms with Crippen molar-refractivity contribution in [1.29, 1.82) is 0 Å². The smallest absolute Gasteiger partial charge is 0.416 e. The first-order valence-corrected chi connectivity index (χ1v) is 14.4. The molecule has 2 aromatic heterocycles. The summed E-state index contributed by atoms with van der Waals surface area (Å²) >= 11 is 0. The van der Waals surface area contributed by atoms with Crippen LogP contribution in [-0.4, -0.2) is 39.7 Å². The molecule has 11 heteroatoms. The number of benzene rings is 2. The van der Waals surface area contributed by atoms with E-state index in [0.717, 1.165) is 41.8 Å². The third-order valence-corrected chi connectivity index (χ3v) is 7.06. The number of fused-ring (bicyclic) bond motifs is 1. The summed E-state index contributed by atoms with van der Waals surface area (Å²) < 4.78 is 48.6. The Balaban J connectivity index is 1.74. The van der Waals surface area contributed by atoms with Crippen LogP contribution in [0.1, 0.15) is 73.0 Å². The molecule has 2 N–H and O–H groups in total. The molecule has 0 spiro atoms. The van der Waals surface area contributed by atoms with E-state index in [0.29, 0.717) is 29.1 Å². The number of hydrogen-bond donors (Lipinski definition) is 2. The van der Waals surface area contributed by atoms with Crippen LogP contribution in [0, 0.1) is 13.8 Å². The van der Waals surface area contributed by atoms with Gasteiger partial charge in [0.05, 0.1) is 22.7 Å². The minimum atomic E-state index is -4.67. The van der Waals surface area contributed by atoms with Gasteiger partial charge in [0.2, 0.25) is 0 Å². The van der Waals surface area contributed by atoms with E-state index in [9.17, 15) is 22.8 Å². The fourth-order valence-electron chi connectivity index (χ4n) is 4.91. The summed E-state index contributed by atoms with van der Waals surface area (Å²) in [5.41, 5.74) is 1.20. The lowest BCUT2D eigenvalue weighted by molar-refractivity contribution is -0.137. The van der Waals surface area contributed by atoms with Crippen molar-refractivity contribution in [3.63, 3.8) is 0 Å². The maximum atomic E-state index is 13.9. The molecule has 0 saturated heterocycles. The maximum absolute atomic E-state index is 13.9. The number of ether oxygens (including phenoxy) is 1. The van der Waals surface area contributed by atoms with Crippen LogP contribution in [0.25, 0.3) is 22.0 Å². The van der Waals surface area contributed by atoms with Crippen molar-refractivity contribution in [1.82, 2.24) is 19.9 Å². The summed E-state index contributed by atoms with van der Waals surface area (Å²) in [6.45, 7) is 11.7. The minimum Gasteiger partial charge on any atom is -0.456 e. The number of hydrogen-bond acceptors (Lipinski definition) is 7. The fourth-order valence-corrected chi connectivity index (χ4v) is 4.91. The maximum Gasteiger partial charge on any atom is 0.416 e. The molecule has 0 aliphatic rings. The van der Waals surface area contributed by atoms with Crippen LogP contribution in [0.5, 0.6) is 0 Å². The number of carbonyl (C=O) groups excluding carboxylic acids is 1. The standard InChI is InChI=1S/C33H38F3N5O3/c1-19-13-28-27(18-26(19)22-9-12-41(29(42)17-22)11-8-10-37-7)30(40-21(3)39-28)38-20(2)23-14-24(31(43)44-32(4,5)6)16-25(15-23)33(34,35)36/h9,12-18,20,37H,8,10-11H2,1-7H3,(H,38,39,40)/t20-/m1/s1. The number of pyridine rings is 1. The van der Waals surface area contributed by atoms with Crippen LogP contribution in [0.4, 0.5) is 19.0 Å². The normalized spacial score (nSPS) is 12.8. The van der Waals surface area contributed by atoms with Crippen molar-refractivity contribution in [2.24, 2.45) is 0 Å². The van der Waals surface area contributed by atoms with E-state index in [1.165, 1.54) is 6.07 Å². The molecule has 0 aliphatic carbocycles. The van der Waals surface area contributed by atoms with Gasteiger partial charge in [-0.15, -0.1) is 0 Å². The molecule has 0 saturated carbocycles. The SMILES string of the molecule is CNCCCn1ccc(-c2cc3c(N[C@H](C)c4cc(C(=O)OC(C)(C)C)cc(C(F)(F)F)c4)nc(C)nc3cc2C)cc1=O. The Morgan fingerprint density at radius 1 is 1.05 bits per heavy atom. The molecule has 0 radical (unpaired) electrons. The molecule has 0 aliphatic heterocycles. The second-order valence-corrected chi connectivity index (χ2v) is 11.9. The van der Waals surface area contributed by atoms with E-state index in [2.05, 4.69) is 20.6 Å². The zero-order valence-electron chi connectivity index (χ0n) is 26.0. The minimum absolute atomic E-state index is 0.115. The lowest BCUT2D eigenvalue weighted by Crippen LogP contribution is -2.24. The molecule has 0 fully saturated rings. The van der Waals surface area contributed by atoms with Crippen LogP contribution in [0.2, 0.25) is 0 Å². The van der Waals surface area contributed by atoms with Crippen molar-refractivity contribution in [3.8, 4) is 11.1 Å². The molecule has 0 unspecified atom stereocenters. The molecule has 8 nitrogen and oxygen atoms in total. The van der Waals surface area contributed by atoms with E-state index in [4.69, 9.17) is 4.74 Å². The third kappa shape index (κ3) is 7.82. The molecule has 1 atom stereocenters. The average Bonchev–Trinajstić information content (AvgIpc) is 2.92. The number of aromatic nitrogens is 3. The summed E-state index contributed by atoms with van der Waals surface area (Å²) in [6.07, 6.45) is -2.07. The molecule has 0 amide bonds. The summed E-state index contributed by atoms with van der Waals surface area (Å²) in [5, 5.41) is 6.95. The largest absolute Gasteiger partial charge is 0.456 e. The Bertz CT molecular complexity index is 1740. The van der Waals surface area contributed by atoms with E-state index in [-0.39, 0.29) is 16.7 Å². The van der Waals surface area contributed by atoms with Gasteiger partial charge in [-0.05, 0) is 120 Å². The highest BCUT2D eigenvalue weighted by molar-refractivity contribution is 5.94. The predicted octanol–water partition coefficient (Wildman–Crippen LogP) is 6.83. The van der Waals surface area contributed by atoms with E-state index in [1.807, 2.05) is 32.2 Å². The highest BCUT2D eigenvalue weighted by Gasteiger charge is 2.33. The first-order chi connectivity index (χ1) is 20.6. The van der Waals surface area contributed by atoms with E-state index >= 15 is 0 Å². The van der Waals surface area contributed by atoms with Crippen molar-refractivity contribution in [2.45, 2.75) is 72.3 Å². The first kappa shape index (κ1) is 32.7. The molecule has 234 valence electrons. The Kier molecular flexibility index (Phi) is 9.48. The van der Waals surface area contributed by atoms with Crippen molar-refractivity contribution in [2.75, 3.05) is 18.9 Å². The average molecular weight is 610 g/mol. The lowest BCUT2D eigenvalue weighted by atomic mass is 9.98. The molecular weight excluding hydrogens is 571 g/mol. The van der Waals surface area contributed by atoms with Gasteiger partial charge in [0.15, 0.2) is 0 Å². The Labute approximate surface area is 254 Å². The van der Waals surface area contributed by atoms with Crippen LogP contribution in [-0.2, 0) is 17.5 Å². The Morgan fingerprint density at radius 3 is 2.41 bits per heavy atom. The zero-order valence-corrected chi connectivity index (χ0v) is 26.0. The Morgan fingerprint density at radius 2 is 1.77 bits per heavy atom. The molecular formula is C33H38F3N5O3. The predicted molar refractivity (Wildman–Crippen MR) is 166 cm³/mol. The number of nitrogens with one attached hydrogen (secondary N) is 2. The van der Waals surface area contributed by atoms with Crippen LogP contribution >= 0.6 is 0 Å². The van der Waals surface area contributed by atoms with Crippen LogP contribution in [0.15, 0.2) is 53.5 Å². The number of anilines is 1. The topological polar surface area (TPSA) is 98.1 Å². The molecule has 4 rings (SSSR count). The van der Waals surface area contributed by atoms with Crippen molar-refractivity contribution >= 4 is 22.7 Å². The summed E-state index contributed by atoms with van der Waals surface area (Å²) in [7, 11) is 1.87. The second-order valence-electron chi connectivity index (χ2n) is 11.9. The number of nitrogens with zero attached hydrogens (tertiary/aromatic N) is 3. The monoisotopic (exact) mass is 609 g/mol. The van der Waals surface area contributed by atoms with Gasteiger partial charge in [-0.2, -0.15) is 13.2 Å². The van der Waals surface area contributed by atoms with Crippen LogP contribution < -0.4 is 16.2 Å². The molecule has 0 bridgehead atoms. The quantitative estimate of drug-likeness (QED) is 0.159. The van der Waals surface area contributed by atoms with E-state index in [1.54, 1.807) is 51.4 Å². The lowest BCUT2D eigenvalue weighted by Gasteiger charge is -2.22. The van der Waals surface area contributed by atoms with Gasteiger partial charge in [0.25, 0.3) is 5.56 Å². The number of esters is 1. The highest BCUT2D eigenvalue weighted by atomic mass is 19.4. The highest BCUT2D eigenvalue weighted by Crippen LogP contribution is 2.35. The molecule has 44 heavy (non-hydrogen) atoms. The fraction of sp³-hybridized carbons (Fsp3) is 0.394. The third-order valence-electron chi connectivity index (χ3n) is 7.06. The van der Waals surface area contributed by atoms with Gasteiger partial charge in [-0.3, -0.25) is 4.79 Å². The van der Waals surface area contributed by atoms with Gasteiger partial charge in [-0.1, -0.05) is 0 Å². The summed E-state index contributed by atoms with van der Waals surface area (Å²) in [4.78, 5) is 34.7. The van der Waals surface area contributed by atoms with Gasteiger partial charge in [0, 0.05) is 24.2 Å². The number of rotatable bonds is 9. The van der Waals surface area contributed by atoms with Gasteiger partial charge in [0.1, 0.15) is 17.2 Å². The summed E-state index contributed by atoms with van der Waals surface area (Å²) in [6, 6.07) is 9.82. The number of aryl methyl sites for hydroxylation is 3. The second kappa shape index (κ2) is 12.8. The number of alkyl halides is 3. The van der Waals surface area contributed by atoms with Crippen molar-refractivity contribution < 1.29 is 22.7 Å². The molecule has 4 aromatic rings. The molecule has 2 heterocycles. The molecule has 2 aromatic carbocycles. The van der Waals surface area contributed by atoms with Crippen molar-refractivity contribution in [3.05, 3.63) is 87.1 Å². The van der Waals surface area contributed by atoms with Gasteiger partial charge >= 0.3 is 12.1 Å². The van der Waals surface area contributed by atoms with Crippen LogP contribution in [0.3, 0.4) is 0 Å².